The van der Waals surface area contributed by atoms with Gasteiger partial charge in [0, 0.05) is 29.4 Å². The number of methoxy groups -OCH3 is 1. The van der Waals surface area contributed by atoms with Gasteiger partial charge < -0.3 is 9.64 Å². The van der Waals surface area contributed by atoms with Crippen molar-refractivity contribution in [3.8, 4) is 5.75 Å². The van der Waals surface area contributed by atoms with Gasteiger partial charge in [-0.25, -0.2) is 0 Å². The summed E-state index contributed by atoms with van der Waals surface area (Å²) in [7, 11) is 1.66. The van der Waals surface area contributed by atoms with Crippen LogP contribution in [-0.4, -0.2) is 38.5 Å². The summed E-state index contributed by atoms with van der Waals surface area (Å²) < 4.78 is 5.41. The molecule has 0 aromatic heterocycles. The number of benzene rings is 2. The molecule has 1 aliphatic heterocycles. The van der Waals surface area contributed by atoms with Crippen LogP contribution in [0.4, 0.5) is 5.69 Å². The first-order chi connectivity index (χ1) is 12.2. The summed E-state index contributed by atoms with van der Waals surface area (Å²) in [5.41, 5.74) is 3.86. The Morgan fingerprint density at radius 3 is 2.64 bits per heavy atom. The van der Waals surface area contributed by atoms with Gasteiger partial charge in [-0.15, -0.1) is 5.10 Å². The van der Waals surface area contributed by atoms with Crippen LogP contribution in [-0.2, 0) is 0 Å². The molecular formula is C19H19ClN4O. The van der Waals surface area contributed by atoms with Crippen LogP contribution in [0.2, 0.25) is 5.02 Å². The van der Waals surface area contributed by atoms with E-state index in [-0.39, 0.29) is 0 Å². The molecule has 128 valence electrons. The van der Waals surface area contributed by atoms with Gasteiger partial charge in [0.1, 0.15) is 5.75 Å². The van der Waals surface area contributed by atoms with E-state index in [0.29, 0.717) is 11.6 Å². The van der Waals surface area contributed by atoms with E-state index < -0.39 is 0 Å². The van der Waals surface area contributed by atoms with Crippen LogP contribution in [0.25, 0.3) is 0 Å². The number of hydrogen-bond donors (Lipinski definition) is 0. The maximum Gasteiger partial charge on any atom is 0.153 e. The van der Waals surface area contributed by atoms with E-state index in [0.717, 1.165) is 40.7 Å². The van der Waals surface area contributed by atoms with E-state index in [1.165, 1.54) is 0 Å². The van der Waals surface area contributed by atoms with Crippen LogP contribution in [0.5, 0.6) is 5.75 Å². The summed E-state index contributed by atoms with van der Waals surface area (Å²) in [6, 6.07) is 13.6. The number of rotatable bonds is 4. The molecule has 2 aromatic carbocycles. The van der Waals surface area contributed by atoms with E-state index in [2.05, 4.69) is 28.7 Å². The molecule has 3 rings (SSSR count). The first kappa shape index (κ1) is 17.2. The van der Waals surface area contributed by atoms with Crippen molar-refractivity contribution in [2.24, 2.45) is 15.2 Å². The number of nitrogens with zero attached hydrogens (tertiary/aromatic N) is 4. The first-order valence-corrected chi connectivity index (χ1v) is 8.34. The zero-order valence-corrected chi connectivity index (χ0v) is 15.0. The lowest BCUT2D eigenvalue weighted by Crippen LogP contribution is -2.32. The molecule has 0 saturated carbocycles. The topological polar surface area (TPSA) is 49.6 Å². The molecule has 25 heavy (non-hydrogen) atoms. The molecule has 0 unspecified atom stereocenters. The van der Waals surface area contributed by atoms with Gasteiger partial charge in [-0.1, -0.05) is 23.7 Å². The molecule has 0 radical (unpaired) electrons. The summed E-state index contributed by atoms with van der Waals surface area (Å²) in [6.07, 6.45) is 0. The normalized spacial score (nSPS) is 15.4. The number of likely N-dealkylation sites (N-methyl/N-ethyl adjacent to an activating group) is 1. The second-order valence-electron chi connectivity index (χ2n) is 5.46. The Hall–Kier alpha value is -2.66. The third-order valence-electron chi connectivity index (χ3n) is 4.06. The highest BCUT2D eigenvalue weighted by molar-refractivity contribution is 6.30. The van der Waals surface area contributed by atoms with Gasteiger partial charge in [-0.3, -0.25) is 4.99 Å². The predicted molar refractivity (Wildman–Crippen MR) is 105 cm³/mol. The van der Waals surface area contributed by atoms with Gasteiger partial charge in [-0.05, 0) is 37.3 Å². The smallest absolute Gasteiger partial charge is 0.153 e. The van der Waals surface area contributed by atoms with Crippen LogP contribution in [0.3, 0.4) is 0 Å². The van der Waals surface area contributed by atoms with Gasteiger partial charge >= 0.3 is 0 Å². The Labute approximate surface area is 152 Å². The molecule has 0 spiro atoms. The summed E-state index contributed by atoms with van der Waals surface area (Å²) >= 11 is 6.03. The van der Waals surface area contributed by atoms with E-state index in [1.54, 1.807) is 7.11 Å². The van der Waals surface area contributed by atoms with E-state index >= 15 is 0 Å². The minimum atomic E-state index is 0.418. The number of ether oxygens (including phenoxy) is 1. The molecule has 0 saturated heterocycles. The predicted octanol–water partition coefficient (Wildman–Crippen LogP) is 4.04. The first-order valence-electron chi connectivity index (χ1n) is 7.96. The van der Waals surface area contributed by atoms with Crippen molar-refractivity contribution in [3.05, 3.63) is 58.6 Å². The molecule has 6 heteroatoms. The molecule has 0 bridgehead atoms. The minimum Gasteiger partial charge on any atom is -0.497 e. The monoisotopic (exact) mass is 354 g/mol. The minimum absolute atomic E-state index is 0.418. The van der Waals surface area contributed by atoms with Crippen molar-refractivity contribution in [1.29, 1.82) is 0 Å². The molecule has 1 heterocycles. The molecule has 0 aliphatic carbocycles. The quantitative estimate of drug-likeness (QED) is 0.614. The lowest BCUT2D eigenvalue weighted by atomic mass is 10.00. The zero-order valence-electron chi connectivity index (χ0n) is 14.2. The zero-order chi connectivity index (χ0) is 17.8. The Bertz CT molecular complexity index is 843. The maximum atomic E-state index is 6.03. The number of benzodiazepines with no additional fused rings is 1. The molecule has 1 aliphatic rings. The highest BCUT2D eigenvalue weighted by atomic mass is 35.5. The third kappa shape index (κ3) is 3.42. The third-order valence-corrected chi connectivity index (χ3v) is 4.31. The number of anilines is 1. The van der Waals surface area contributed by atoms with E-state index in [9.17, 15) is 0 Å². The Morgan fingerprint density at radius 2 is 2.00 bits per heavy atom. The second-order valence-corrected chi connectivity index (χ2v) is 5.89. The fourth-order valence-electron chi connectivity index (χ4n) is 2.90. The molecular weight excluding hydrogens is 336 g/mol. The molecule has 2 aromatic rings. The van der Waals surface area contributed by atoms with Crippen LogP contribution >= 0.6 is 11.6 Å². The fourth-order valence-corrected chi connectivity index (χ4v) is 3.03. The SMILES string of the molecule is C=N/N=C1/CN=C(c2ccc(Cl)cc2)c2cc(OC)ccc2N1CC. The molecule has 0 atom stereocenters. The lowest BCUT2D eigenvalue weighted by Gasteiger charge is -2.24. The summed E-state index contributed by atoms with van der Waals surface area (Å²) in [6.45, 7) is 6.71. The van der Waals surface area contributed by atoms with Gasteiger partial charge in [0.25, 0.3) is 0 Å². The number of hydrogen-bond acceptors (Lipinski definition) is 4. The Balaban J connectivity index is 2.22. The van der Waals surface area contributed by atoms with E-state index in [4.69, 9.17) is 21.3 Å². The Kier molecular flexibility index (Phi) is 5.14. The van der Waals surface area contributed by atoms with Crippen LogP contribution < -0.4 is 9.64 Å². The Morgan fingerprint density at radius 1 is 1.24 bits per heavy atom. The fraction of sp³-hybridized carbons (Fsp3) is 0.211. The van der Waals surface area contributed by atoms with Crippen LogP contribution in [0.15, 0.2) is 57.7 Å². The average Bonchev–Trinajstić information content (AvgIpc) is 2.79. The van der Waals surface area contributed by atoms with Gasteiger partial charge in [0.2, 0.25) is 0 Å². The van der Waals surface area contributed by atoms with Crippen LogP contribution in [0, 0.1) is 0 Å². The van der Waals surface area contributed by atoms with Crippen molar-refractivity contribution in [2.75, 3.05) is 25.1 Å². The van der Waals surface area contributed by atoms with E-state index in [1.807, 2.05) is 42.5 Å². The van der Waals surface area contributed by atoms with Gasteiger partial charge in [-0.2, -0.15) is 5.10 Å². The molecule has 0 N–H and O–H groups in total. The maximum absolute atomic E-state index is 6.03. The number of halogens is 1. The average molecular weight is 355 g/mol. The lowest BCUT2D eigenvalue weighted by molar-refractivity contribution is 0.415. The van der Waals surface area contributed by atoms with Crippen molar-refractivity contribution in [3.63, 3.8) is 0 Å². The number of fused-ring (bicyclic) bond motifs is 1. The molecule has 5 nitrogen and oxygen atoms in total. The highest BCUT2D eigenvalue weighted by Gasteiger charge is 2.23. The molecule has 0 fully saturated rings. The van der Waals surface area contributed by atoms with Crippen molar-refractivity contribution < 1.29 is 4.74 Å². The highest BCUT2D eigenvalue weighted by Crippen LogP contribution is 2.31. The van der Waals surface area contributed by atoms with Gasteiger partial charge in [0.15, 0.2) is 5.84 Å². The van der Waals surface area contributed by atoms with Crippen molar-refractivity contribution >= 4 is 35.6 Å². The van der Waals surface area contributed by atoms with Gasteiger partial charge in [0.05, 0.1) is 25.1 Å². The standard InChI is InChI=1S/C19H19ClN4O/c1-4-24-17-10-9-15(25-3)11-16(17)19(22-12-18(24)23-21-2)13-5-7-14(20)8-6-13/h5-11H,2,4,12H2,1,3H3/b23-18-. The van der Waals surface area contributed by atoms with Crippen molar-refractivity contribution in [1.82, 2.24) is 0 Å². The number of aliphatic imine (C=N–C) groups is 1. The molecule has 0 amide bonds. The van der Waals surface area contributed by atoms with Crippen LogP contribution in [0.1, 0.15) is 18.1 Å². The summed E-state index contributed by atoms with van der Waals surface area (Å²) in [4.78, 5) is 6.89. The second kappa shape index (κ2) is 7.49. The summed E-state index contributed by atoms with van der Waals surface area (Å²) in [5.74, 6) is 1.53. The largest absolute Gasteiger partial charge is 0.497 e. The summed E-state index contributed by atoms with van der Waals surface area (Å²) in [5, 5.41) is 8.57. The van der Waals surface area contributed by atoms with Crippen molar-refractivity contribution in [2.45, 2.75) is 6.92 Å². The number of amidine groups is 1.